The van der Waals surface area contributed by atoms with E-state index in [1.54, 1.807) is 7.11 Å². The van der Waals surface area contributed by atoms with Crippen LogP contribution in [0.3, 0.4) is 0 Å². The standard InChI is InChI=1S/C14H20BrNO3/c1-18-13-7-11(6-12(15)14(13)17)9-16-8-10-2-4-19-5-3-10/h6-7,10,16-17H,2-5,8-9H2,1H3. The van der Waals surface area contributed by atoms with E-state index in [2.05, 4.69) is 21.2 Å². The van der Waals surface area contributed by atoms with Gasteiger partial charge in [0.15, 0.2) is 11.5 Å². The van der Waals surface area contributed by atoms with Crippen molar-refractivity contribution < 1.29 is 14.6 Å². The Morgan fingerprint density at radius 1 is 1.42 bits per heavy atom. The van der Waals surface area contributed by atoms with Gasteiger partial charge in [-0.25, -0.2) is 0 Å². The highest BCUT2D eigenvalue weighted by Crippen LogP contribution is 2.35. The molecular weight excluding hydrogens is 310 g/mol. The van der Waals surface area contributed by atoms with Crippen molar-refractivity contribution in [2.45, 2.75) is 19.4 Å². The zero-order valence-electron chi connectivity index (χ0n) is 11.1. The molecule has 1 aromatic carbocycles. The van der Waals surface area contributed by atoms with Gasteiger partial charge in [0.25, 0.3) is 0 Å². The molecule has 0 saturated carbocycles. The highest BCUT2D eigenvalue weighted by atomic mass is 79.9. The molecule has 1 aliphatic rings. The van der Waals surface area contributed by atoms with Crippen LogP contribution in [0.15, 0.2) is 16.6 Å². The fourth-order valence-electron chi connectivity index (χ4n) is 2.26. The third-order valence-corrected chi connectivity index (χ3v) is 4.02. The predicted octanol–water partition coefficient (Wildman–Crippen LogP) is 2.68. The van der Waals surface area contributed by atoms with Crippen molar-refractivity contribution in [1.29, 1.82) is 0 Å². The van der Waals surface area contributed by atoms with Crippen molar-refractivity contribution in [3.8, 4) is 11.5 Å². The number of hydrogen-bond acceptors (Lipinski definition) is 4. The van der Waals surface area contributed by atoms with Gasteiger partial charge in [-0.2, -0.15) is 0 Å². The maximum atomic E-state index is 9.75. The van der Waals surface area contributed by atoms with Gasteiger partial charge in [-0.1, -0.05) is 0 Å². The van der Waals surface area contributed by atoms with Gasteiger partial charge in [0.2, 0.25) is 0 Å². The number of phenolic OH excluding ortho intramolecular Hbond substituents is 1. The van der Waals surface area contributed by atoms with Gasteiger partial charge in [-0.05, 0) is 58.9 Å². The zero-order valence-corrected chi connectivity index (χ0v) is 12.7. The van der Waals surface area contributed by atoms with Gasteiger partial charge < -0.3 is 19.9 Å². The summed E-state index contributed by atoms with van der Waals surface area (Å²) in [6, 6.07) is 3.77. The molecule has 106 valence electrons. The third-order valence-electron chi connectivity index (χ3n) is 3.41. The van der Waals surface area contributed by atoms with E-state index in [0.29, 0.717) is 16.1 Å². The number of rotatable bonds is 5. The average Bonchev–Trinajstić information content (AvgIpc) is 2.43. The first-order valence-corrected chi connectivity index (χ1v) is 7.34. The lowest BCUT2D eigenvalue weighted by atomic mass is 10.0. The lowest BCUT2D eigenvalue weighted by molar-refractivity contribution is 0.0662. The summed E-state index contributed by atoms with van der Waals surface area (Å²) < 4.78 is 11.1. The summed E-state index contributed by atoms with van der Waals surface area (Å²) >= 11 is 3.33. The van der Waals surface area contributed by atoms with E-state index in [4.69, 9.17) is 9.47 Å². The van der Waals surface area contributed by atoms with Crippen molar-refractivity contribution in [2.75, 3.05) is 26.9 Å². The van der Waals surface area contributed by atoms with Crippen LogP contribution in [0.5, 0.6) is 11.5 Å². The molecule has 4 nitrogen and oxygen atoms in total. The molecule has 0 spiro atoms. The molecular formula is C14H20BrNO3. The highest BCUT2D eigenvalue weighted by molar-refractivity contribution is 9.10. The molecule has 1 aliphatic heterocycles. The second kappa shape index (κ2) is 7.12. The van der Waals surface area contributed by atoms with E-state index in [-0.39, 0.29) is 5.75 Å². The lowest BCUT2D eigenvalue weighted by Gasteiger charge is -2.22. The van der Waals surface area contributed by atoms with Crippen LogP contribution in [0.1, 0.15) is 18.4 Å². The molecule has 2 N–H and O–H groups in total. The molecule has 1 fully saturated rings. The third kappa shape index (κ3) is 4.09. The summed E-state index contributed by atoms with van der Waals surface area (Å²) in [6.45, 7) is 3.53. The minimum absolute atomic E-state index is 0.149. The van der Waals surface area contributed by atoms with Crippen LogP contribution in [0.25, 0.3) is 0 Å². The second-order valence-electron chi connectivity index (χ2n) is 4.82. The first-order valence-electron chi connectivity index (χ1n) is 6.54. The zero-order chi connectivity index (χ0) is 13.7. The Morgan fingerprint density at radius 2 is 2.16 bits per heavy atom. The summed E-state index contributed by atoms with van der Waals surface area (Å²) in [4.78, 5) is 0. The molecule has 0 radical (unpaired) electrons. The Balaban J connectivity index is 1.86. The number of aromatic hydroxyl groups is 1. The topological polar surface area (TPSA) is 50.7 Å². The van der Waals surface area contributed by atoms with Crippen LogP contribution in [0.4, 0.5) is 0 Å². The fourth-order valence-corrected chi connectivity index (χ4v) is 2.75. The Hall–Kier alpha value is -0.780. The molecule has 19 heavy (non-hydrogen) atoms. The van der Waals surface area contributed by atoms with Crippen LogP contribution >= 0.6 is 15.9 Å². The quantitative estimate of drug-likeness (QED) is 0.872. The van der Waals surface area contributed by atoms with Crippen LogP contribution in [0, 0.1) is 5.92 Å². The first-order chi connectivity index (χ1) is 9.20. The fraction of sp³-hybridized carbons (Fsp3) is 0.571. The molecule has 0 amide bonds. The molecule has 1 aromatic rings. The number of nitrogens with one attached hydrogen (secondary N) is 1. The molecule has 0 unspecified atom stereocenters. The van der Waals surface area contributed by atoms with Gasteiger partial charge in [-0.3, -0.25) is 0 Å². The minimum atomic E-state index is 0.149. The van der Waals surface area contributed by atoms with Gasteiger partial charge in [0.1, 0.15) is 0 Å². The average molecular weight is 330 g/mol. The van der Waals surface area contributed by atoms with E-state index in [1.807, 2.05) is 12.1 Å². The van der Waals surface area contributed by atoms with E-state index in [9.17, 15) is 5.11 Å². The van der Waals surface area contributed by atoms with Crippen LogP contribution in [-0.2, 0) is 11.3 Å². The minimum Gasteiger partial charge on any atom is -0.503 e. The van der Waals surface area contributed by atoms with Crippen molar-refractivity contribution >= 4 is 15.9 Å². The van der Waals surface area contributed by atoms with Gasteiger partial charge in [0.05, 0.1) is 11.6 Å². The molecule has 1 saturated heterocycles. The lowest BCUT2D eigenvalue weighted by Crippen LogP contribution is -2.27. The Kier molecular flexibility index (Phi) is 5.48. The van der Waals surface area contributed by atoms with Crippen molar-refractivity contribution in [3.63, 3.8) is 0 Å². The number of ether oxygens (including phenoxy) is 2. The smallest absolute Gasteiger partial charge is 0.172 e. The summed E-state index contributed by atoms with van der Waals surface area (Å²) in [5, 5.41) is 13.2. The van der Waals surface area contributed by atoms with Crippen LogP contribution in [0.2, 0.25) is 0 Å². The molecule has 1 heterocycles. The van der Waals surface area contributed by atoms with E-state index in [0.717, 1.165) is 44.7 Å². The summed E-state index contributed by atoms with van der Waals surface area (Å²) in [5.41, 5.74) is 1.09. The van der Waals surface area contributed by atoms with E-state index >= 15 is 0 Å². The van der Waals surface area contributed by atoms with Gasteiger partial charge >= 0.3 is 0 Å². The number of phenols is 1. The van der Waals surface area contributed by atoms with Crippen molar-refractivity contribution in [2.24, 2.45) is 5.92 Å². The molecule has 0 aliphatic carbocycles. The Morgan fingerprint density at radius 3 is 2.84 bits per heavy atom. The number of halogens is 1. The maximum absolute atomic E-state index is 9.75. The number of benzene rings is 1. The molecule has 0 aromatic heterocycles. The molecule has 5 heteroatoms. The van der Waals surface area contributed by atoms with Crippen molar-refractivity contribution in [3.05, 3.63) is 22.2 Å². The SMILES string of the molecule is COc1cc(CNCC2CCOCC2)cc(Br)c1O. The van der Waals surface area contributed by atoms with Crippen LogP contribution < -0.4 is 10.1 Å². The monoisotopic (exact) mass is 329 g/mol. The van der Waals surface area contributed by atoms with E-state index in [1.165, 1.54) is 0 Å². The summed E-state index contributed by atoms with van der Waals surface area (Å²) in [6.07, 6.45) is 2.27. The molecule has 2 rings (SSSR count). The van der Waals surface area contributed by atoms with Gasteiger partial charge in [0, 0.05) is 19.8 Å². The van der Waals surface area contributed by atoms with E-state index < -0.39 is 0 Å². The molecule has 0 atom stereocenters. The second-order valence-corrected chi connectivity index (χ2v) is 5.67. The largest absolute Gasteiger partial charge is 0.503 e. The highest BCUT2D eigenvalue weighted by Gasteiger charge is 2.13. The number of hydrogen-bond donors (Lipinski definition) is 2. The molecule has 0 bridgehead atoms. The predicted molar refractivity (Wildman–Crippen MR) is 77.6 cm³/mol. The van der Waals surface area contributed by atoms with Crippen molar-refractivity contribution in [1.82, 2.24) is 5.32 Å². The summed E-state index contributed by atoms with van der Waals surface area (Å²) in [5.74, 6) is 1.35. The first kappa shape index (κ1) is 14.6. The summed E-state index contributed by atoms with van der Waals surface area (Å²) in [7, 11) is 1.56. The Bertz CT molecular complexity index is 419. The van der Waals surface area contributed by atoms with Crippen LogP contribution in [-0.4, -0.2) is 32.0 Å². The normalized spacial score (nSPS) is 16.5. The Labute approximate surface area is 122 Å². The maximum Gasteiger partial charge on any atom is 0.172 e. The number of methoxy groups -OCH3 is 1. The van der Waals surface area contributed by atoms with Gasteiger partial charge in [-0.15, -0.1) is 0 Å².